The van der Waals surface area contributed by atoms with Crippen molar-refractivity contribution >= 4 is 28.8 Å². The number of nitrogens with zero attached hydrogens (tertiary/aromatic N) is 2. The Morgan fingerprint density at radius 1 is 1.28 bits per heavy atom. The maximum Gasteiger partial charge on any atom is 0.391 e. The standard InChI is InChI=1S/C24H30ClF5N4O4S/c1-3-34-21(17-9-6-15(10-13(2)24(28,29)30)11-18(17)38-23(26)27)19(25)20(32-34)22(35)31-12-14-4-7-16(8-5-14)33-39(36)37/h6,9,11,13-14,16,23,33H,3-5,7-8,10,12H2,1-2H3,(H,31,35)(H,36,37)/p-1/t13-,14?,16?/m1/s1. The minimum atomic E-state index is -4.46. The lowest BCUT2D eigenvalue weighted by Crippen LogP contribution is -2.37. The maximum atomic E-state index is 13.2. The molecule has 2 aromatic rings. The number of amides is 1. The molecule has 2 atom stereocenters. The van der Waals surface area contributed by atoms with E-state index in [4.69, 9.17) is 11.6 Å². The van der Waals surface area contributed by atoms with Crippen LogP contribution < -0.4 is 14.8 Å². The Bertz CT molecular complexity index is 1170. The number of nitrogens with one attached hydrogen (secondary N) is 2. The number of carbonyl (C=O) groups excluding carboxylic acids is 1. The Kier molecular flexibility index (Phi) is 10.7. The third-order valence-electron chi connectivity index (χ3n) is 6.69. The summed E-state index contributed by atoms with van der Waals surface area (Å²) in [5, 5.41) is 6.90. The molecule has 218 valence electrons. The highest BCUT2D eigenvalue weighted by atomic mass is 35.5. The van der Waals surface area contributed by atoms with E-state index in [0.717, 1.165) is 13.0 Å². The van der Waals surface area contributed by atoms with Gasteiger partial charge in [-0.05, 0) is 62.6 Å². The number of aromatic nitrogens is 2. The van der Waals surface area contributed by atoms with Gasteiger partial charge in [-0.25, -0.2) is 4.72 Å². The molecule has 1 fully saturated rings. The monoisotopic (exact) mass is 599 g/mol. The SMILES string of the molecule is CCn1nc(C(=O)NCC2CCC(NS(=O)[O-])CC2)c(Cl)c1-c1ccc(C[C@@H](C)C(F)(F)F)cc1OC(F)F. The van der Waals surface area contributed by atoms with E-state index < -0.39 is 42.3 Å². The first-order valence-electron chi connectivity index (χ1n) is 12.3. The van der Waals surface area contributed by atoms with Crippen LogP contribution in [0.1, 0.15) is 55.6 Å². The van der Waals surface area contributed by atoms with Gasteiger partial charge in [-0.2, -0.15) is 27.1 Å². The van der Waals surface area contributed by atoms with E-state index in [9.17, 15) is 35.5 Å². The number of carbonyl (C=O) groups is 1. The summed E-state index contributed by atoms with van der Waals surface area (Å²) in [6, 6.07) is 3.67. The van der Waals surface area contributed by atoms with Crippen LogP contribution in [0.15, 0.2) is 18.2 Å². The van der Waals surface area contributed by atoms with Gasteiger partial charge in [0.15, 0.2) is 5.69 Å². The van der Waals surface area contributed by atoms with E-state index in [1.54, 1.807) is 6.92 Å². The highest BCUT2D eigenvalue weighted by Crippen LogP contribution is 2.39. The summed E-state index contributed by atoms with van der Waals surface area (Å²) in [7, 11) is 0. The lowest BCUT2D eigenvalue weighted by molar-refractivity contribution is -0.169. The third-order valence-corrected chi connectivity index (χ3v) is 7.57. The summed E-state index contributed by atoms with van der Waals surface area (Å²) < 4.78 is 95.5. The quantitative estimate of drug-likeness (QED) is 0.271. The van der Waals surface area contributed by atoms with Crippen LogP contribution in [0.4, 0.5) is 22.0 Å². The van der Waals surface area contributed by atoms with Crippen LogP contribution in [0, 0.1) is 11.8 Å². The zero-order chi connectivity index (χ0) is 28.9. The molecule has 8 nitrogen and oxygen atoms in total. The number of halogens is 6. The van der Waals surface area contributed by atoms with Gasteiger partial charge in [-0.15, -0.1) is 0 Å². The maximum absolute atomic E-state index is 13.2. The molecule has 1 aromatic heterocycles. The van der Waals surface area contributed by atoms with Crippen LogP contribution in [-0.4, -0.2) is 49.8 Å². The van der Waals surface area contributed by atoms with Crippen molar-refractivity contribution in [2.45, 2.75) is 71.3 Å². The van der Waals surface area contributed by atoms with Crippen molar-refractivity contribution in [2.75, 3.05) is 6.54 Å². The molecule has 1 heterocycles. The van der Waals surface area contributed by atoms with Gasteiger partial charge in [0.25, 0.3) is 5.91 Å². The van der Waals surface area contributed by atoms with Gasteiger partial charge in [-0.3, -0.25) is 13.7 Å². The number of benzene rings is 1. The summed E-state index contributed by atoms with van der Waals surface area (Å²) in [4.78, 5) is 12.9. The predicted octanol–water partition coefficient (Wildman–Crippen LogP) is 5.24. The molecule has 1 aliphatic rings. The van der Waals surface area contributed by atoms with Crippen LogP contribution in [0.3, 0.4) is 0 Å². The van der Waals surface area contributed by atoms with Crippen molar-refractivity contribution in [1.29, 1.82) is 0 Å². The molecule has 3 rings (SSSR count). The number of hydrogen-bond acceptors (Lipinski definition) is 5. The largest absolute Gasteiger partial charge is 0.760 e. The van der Waals surface area contributed by atoms with E-state index in [-0.39, 0.29) is 51.8 Å². The normalized spacial score (nSPS) is 19.6. The lowest BCUT2D eigenvalue weighted by Gasteiger charge is -2.29. The van der Waals surface area contributed by atoms with Crippen molar-refractivity contribution in [3.8, 4) is 17.0 Å². The lowest BCUT2D eigenvalue weighted by atomic mass is 9.86. The molecule has 1 aliphatic carbocycles. The average molecular weight is 600 g/mol. The second kappa shape index (κ2) is 13.4. The average Bonchev–Trinajstić information content (AvgIpc) is 3.18. The van der Waals surface area contributed by atoms with Gasteiger partial charge < -0.3 is 14.6 Å². The molecule has 1 unspecified atom stereocenters. The molecule has 0 aliphatic heterocycles. The molecule has 0 spiro atoms. The van der Waals surface area contributed by atoms with Crippen molar-refractivity contribution < 1.29 is 40.2 Å². The Morgan fingerprint density at radius 2 is 1.95 bits per heavy atom. The molecule has 15 heteroatoms. The molecule has 2 N–H and O–H groups in total. The van der Waals surface area contributed by atoms with Crippen LogP contribution in [0.5, 0.6) is 5.75 Å². The minimum absolute atomic E-state index is 0.0543. The van der Waals surface area contributed by atoms with E-state index in [0.29, 0.717) is 32.2 Å². The topological polar surface area (TPSA) is 108 Å². The molecule has 1 aromatic carbocycles. The minimum Gasteiger partial charge on any atom is -0.760 e. The summed E-state index contributed by atoms with van der Waals surface area (Å²) in [6.07, 6.45) is -2.23. The van der Waals surface area contributed by atoms with Gasteiger partial charge in [0.1, 0.15) is 5.75 Å². The fourth-order valence-electron chi connectivity index (χ4n) is 4.56. The smallest absolute Gasteiger partial charge is 0.391 e. The Morgan fingerprint density at radius 3 is 2.51 bits per heavy atom. The number of ether oxygens (including phenoxy) is 1. The van der Waals surface area contributed by atoms with Crippen molar-refractivity contribution in [3.63, 3.8) is 0 Å². The Hall–Kier alpha value is -2.29. The van der Waals surface area contributed by atoms with E-state index in [1.807, 2.05) is 0 Å². The van der Waals surface area contributed by atoms with E-state index >= 15 is 0 Å². The Balaban J connectivity index is 1.81. The van der Waals surface area contributed by atoms with Crippen molar-refractivity contribution in [3.05, 3.63) is 34.5 Å². The van der Waals surface area contributed by atoms with Gasteiger partial charge in [0.05, 0.1) is 16.6 Å². The number of rotatable bonds is 11. The fraction of sp³-hybridized carbons (Fsp3) is 0.583. The number of alkyl halides is 5. The summed E-state index contributed by atoms with van der Waals surface area (Å²) in [5.41, 5.74) is 0.178. The molecular formula is C24H29ClF5N4O4S-. The van der Waals surface area contributed by atoms with Crippen molar-refractivity contribution in [2.24, 2.45) is 11.8 Å². The Labute approximate surface area is 230 Å². The van der Waals surface area contributed by atoms with Crippen molar-refractivity contribution in [1.82, 2.24) is 19.8 Å². The molecule has 39 heavy (non-hydrogen) atoms. The van der Waals surface area contributed by atoms with Gasteiger partial charge in [0.2, 0.25) is 0 Å². The molecule has 0 bridgehead atoms. The summed E-state index contributed by atoms with van der Waals surface area (Å²) >= 11 is 4.18. The number of aryl methyl sites for hydroxylation is 1. The second-order valence-electron chi connectivity index (χ2n) is 9.46. The zero-order valence-corrected chi connectivity index (χ0v) is 22.8. The van der Waals surface area contributed by atoms with Crippen LogP contribution in [-0.2, 0) is 24.2 Å². The highest BCUT2D eigenvalue weighted by molar-refractivity contribution is 7.77. The molecule has 1 saturated carbocycles. The predicted molar refractivity (Wildman–Crippen MR) is 134 cm³/mol. The molecule has 0 radical (unpaired) electrons. The summed E-state index contributed by atoms with van der Waals surface area (Å²) in [6.45, 7) is -0.0443. The highest BCUT2D eigenvalue weighted by Gasteiger charge is 2.36. The fourth-order valence-corrected chi connectivity index (χ4v) is 5.40. The van der Waals surface area contributed by atoms with Crippen LogP contribution in [0.25, 0.3) is 11.3 Å². The molecule has 0 saturated heterocycles. The first kappa shape index (κ1) is 31.2. The van der Waals surface area contributed by atoms with Gasteiger partial charge in [0, 0.05) is 36.0 Å². The first-order valence-corrected chi connectivity index (χ1v) is 13.8. The molecular weight excluding hydrogens is 571 g/mol. The van der Waals surface area contributed by atoms with Crippen LogP contribution in [0.2, 0.25) is 5.02 Å². The molecule has 1 amide bonds. The van der Waals surface area contributed by atoms with Crippen LogP contribution >= 0.6 is 11.6 Å². The van der Waals surface area contributed by atoms with Gasteiger partial charge in [-0.1, -0.05) is 24.6 Å². The third kappa shape index (κ3) is 8.35. The zero-order valence-electron chi connectivity index (χ0n) is 21.2. The first-order chi connectivity index (χ1) is 18.3. The van der Waals surface area contributed by atoms with Gasteiger partial charge >= 0.3 is 12.8 Å². The summed E-state index contributed by atoms with van der Waals surface area (Å²) in [5.74, 6) is -2.55. The second-order valence-corrected chi connectivity index (χ2v) is 10.5. The number of hydrogen-bond donors (Lipinski definition) is 2. The van der Waals surface area contributed by atoms with E-state index in [1.165, 1.54) is 16.8 Å². The van der Waals surface area contributed by atoms with E-state index in [2.05, 4.69) is 19.9 Å².